The number of nitrogens with one attached hydrogen (secondary N) is 1. The Morgan fingerprint density at radius 3 is 2.76 bits per heavy atom. The normalized spacial score (nSPS) is 13.8. The largest absolute Gasteiger partial charge is 0.378 e. The van der Waals surface area contributed by atoms with Crippen molar-refractivity contribution >= 4 is 34.2 Å². The van der Waals surface area contributed by atoms with Crippen molar-refractivity contribution in [3.63, 3.8) is 0 Å². The van der Waals surface area contributed by atoms with Crippen LogP contribution in [0.4, 0.5) is 5.69 Å². The van der Waals surface area contributed by atoms with Gasteiger partial charge in [-0.15, -0.1) is 0 Å². The Balaban J connectivity index is 1.62. The lowest BCUT2D eigenvalue weighted by atomic mass is 10.0. The van der Waals surface area contributed by atoms with Gasteiger partial charge in [0.2, 0.25) is 0 Å². The molecule has 1 N–H and O–H groups in total. The monoisotopic (exact) mass is 354 g/mol. The molecular weight excluding hydrogens is 336 g/mol. The van der Waals surface area contributed by atoms with Crippen molar-refractivity contribution in [1.29, 1.82) is 0 Å². The second-order valence-corrected chi connectivity index (χ2v) is 6.99. The zero-order valence-corrected chi connectivity index (χ0v) is 15.0. The highest BCUT2D eigenvalue weighted by atomic mass is 35.5. The lowest BCUT2D eigenvalue weighted by Gasteiger charge is -2.27. The molecule has 1 aliphatic heterocycles. The molecular formula is C19H19ClN4O. The van der Waals surface area contributed by atoms with Crippen molar-refractivity contribution in [2.45, 2.75) is 13.0 Å². The number of halogens is 1. The maximum Gasteiger partial charge on any atom is 0.254 e. The van der Waals surface area contributed by atoms with Crippen LogP contribution in [-0.2, 0) is 13.0 Å². The number of amides is 1. The van der Waals surface area contributed by atoms with Crippen LogP contribution in [0.2, 0.25) is 5.02 Å². The first-order valence-electron chi connectivity index (χ1n) is 8.24. The van der Waals surface area contributed by atoms with Crippen molar-refractivity contribution in [2.75, 3.05) is 25.5 Å². The number of H-pyrrole nitrogens is 1. The molecule has 3 aromatic rings. The SMILES string of the molecule is CN(C)c1ccc(C(=O)N2CCc3[nH]c4ncc(Cl)cc4c3C2)cc1. The van der Waals surface area contributed by atoms with E-state index >= 15 is 0 Å². The predicted octanol–water partition coefficient (Wildman–Crippen LogP) is 3.48. The molecule has 1 aromatic carbocycles. The molecule has 0 unspecified atom stereocenters. The minimum Gasteiger partial charge on any atom is -0.378 e. The van der Waals surface area contributed by atoms with E-state index in [1.807, 2.05) is 54.2 Å². The Labute approximate surface area is 151 Å². The summed E-state index contributed by atoms with van der Waals surface area (Å²) in [6.07, 6.45) is 2.44. The molecule has 0 atom stereocenters. The molecule has 0 saturated carbocycles. The third-order valence-corrected chi connectivity index (χ3v) is 4.92. The number of fused-ring (bicyclic) bond motifs is 3. The van der Waals surface area contributed by atoms with Crippen molar-refractivity contribution in [1.82, 2.24) is 14.9 Å². The van der Waals surface area contributed by atoms with E-state index in [2.05, 4.69) is 9.97 Å². The van der Waals surface area contributed by atoms with Crippen LogP contribution in [0.25, 0.3) is 11.0 Å². The Hall–Kier alpha value is -2.53. The average molecular weight is 355 g/mol. The summed E-state index contributed by atoms with van der Waals surface area (Å²) in [6.45, 7) is 1.27. The Kier molecular flexibility index (Phi) is 3.88. The van der Waals surface area contributed by atoms with Gasteiger partial charge in [0.25, 0.3) is 5.91 Å². The van der Waals surface area contributed by atoms with Gasteiger partial charge in [-0.05, 0) is 30.3 Å². The number of rotatable bonds is 2. The highest BCUT2D eigenvalue weighted by Gasteiger charge is 2.25. The number of pyridine rings is 1. The van der Waals surface area contributed by atoms with Crippen LogP contribution in [0.3, 0.4) is 0 Å². The molecule has 0 radical (unpaired) electrons. The number of nitrogens with zero attached hydrogens (tertiary/aromatic N) is 3. The number of hydrogen-bond donors (Lipinski definition) is 1. The minimum atomic E-state index is 0.0558. The van der Waals surface area contributed by atoms with Gasteiger partial charge in [-0.25, -0.2) is 4.98 Å². The van der Waals surface area contributed by atoms with Crippen LogP contribution in [-0.4, -0.2) is 41.4 Å². The van der Waals surface area contributed by atoms with E-state index in [9.17, 15) is 4.79 Å². The maximum absolute atomic E-state index is 12.9. The standard InChI is InChI=1S/C19H19ClN4O/c1-23(2)14-5-3-12(4-6-14)19(25)24-8-7-17-16(11-24)15-9-13(20)10-21-18(15)22-17/h3-6,9-10H,7-8,11H2,1-2H3,(H,21,22). The molecule has 1 amide bonds. The van der Waals surface area contributed by atoms with Gasteiger partial charge in [-0.3, -0.25) is 4.79 Å². The van der Waals surface area contributed by atoms with Crippen LogP contribution in [0, 0.1) is 0 Å². The van der Waals surface area contributed by atoms with E-state index in [1.54, 1.807) is 6.20 Å². The second kappa shape index (κ2) is 6.08. The fourth-order valence-corrected chi connectivity index (χ4v) is 3.48. The summed E-state index contributed by atoms with van der Waals surface area (Å²) >= 11 is 6.09. The van der Waals surface area contributed by atoms with Crippen molar-refractivity contribution < 1.29 is 4.79 Å². The molecule has 5 nitrogen and oxygen atoms in total. The predicted molar refractivity (Wildman–Crippen MR) is 100 cm³/mol. The number of anilines is 1. The fourth-order valence-electron chi connectivity index (χ4n) is 3.32. The first-order valence-corrected chi connectivity index (χ1v) is 8.62. The number of aromatic nitrogens is 2. The van der Waals surface area contributed by atoms with E-state index in [1.165, 1.54) is 0 Å². The molecule has 0 saturated heterocycles. The molecule has 4 rings (SSSR count). The molecule has 0 fully saturated rings. The smallest absolute Gasteiger partial charge is 0.254 e. The summed E-state index contributed by atoms with van der Waals surface area (Å²) in [6, 6.07) is 9.64. The molecule has 128 valence electrons. The number of carbonyl (C=O) groups is 1. The molecule has 0 spiro atoms. The summed E-state index contributed by atoms with van der Waals surface area (Å²) in [5.41, 5.74) is 4.89. The van der Waals surface area contributed by atoms with Gasteiger partial charge >= 0.3 is 0 Å². The first-order chi connectivity index (χ1) is 12.0. The van der Waals surface area contributed by atoms with Crippen molar-refractivity contribution in [3.05, 3.63) is 58.4 Å². The van der Waals surface area contributed by atoms with Gasteiger partial charge in [0, 0.05) is 67.7 Å². The summed E-state index contributed by atoms with van der Waals surface area (Å²) in [5, 5.41) is 1.61. The molecule has 6 heteroatoms. The summed E-state index contributed by atoms with van der Waals surface area (Å²) in [7, 11) is 3.97. The van der Waals surface area contributed by atoms with Crippen LogP contribution in [0.1, 0.15) is 21.6 Å². The lowest BCUT2D eigenvalue weighted by Crippen LogP contribution is -2.35. The highest BCUT2D eigenvalue weighted by Crippen LogP contribution is 2.29. The van der Waals surface area contributed by atoms with E-state index in [-0.39, 0.29) is 5.91 Å². The molecule has 0 bridgehead atoms. The third-order valence-electron chi connectivity index (χ3n) is 4.71. The zero-order chi connectivity index (χ0) is 17.6. The topological polar surface area (TPSA) is 52.2 Å². The third kappa shape index (κ3) is 2.85. The minimum absolute atomic E-state index is 0.0558. The quantitative estimate of drug-likeness (QED) is 0.766. The average Bonchev–Trinajstić information content (AvgIpc) is 2.98. The number of hydrogen-bond acceptors (Lipinski definition) is 3. The van der Waals surface area contributed by atoms with Gasteiger partial charge in [-0.2, -0.15) is 0 Å². The van der Waals surface area contributed by atoms with Gasteiger partial charge in [0.05, 0.1) is 5.02 Å². The van der Waals surface area contributed by atoms with Crippen LogP contribution < -0.4 is 4.90 Å². The highest BCUT2D eigenvalue weighted by molar-refractivity contribution is 6.31. The van der Waals surface area contributed by atoms with Gasteiger partial charge in [-0.1, -0.05) is 11.6 Å². The van der Waals surface area contributed by atoms with E-state index < -0.39 is 0 Å². The van der Waals surface area contributed by atoms with Gasteiger partial charge < -0.3 is 14.8 Å². The van der Waals surface area contributed by atoms with Crippen LogP contribution in [0.15, 0.2) is 36.5 Å². The molecule has 1 aliphatic rings. The second-order valence-electron chi connectivity index (χ2n) is 6.55. The van der Waals surface area contributed by atoms with Crippen molar-refractivity contribution in [3.8, 4) is 0 Å². The van der Waals surface area contributed by atoms with Crippen LogP contribution in [0.5, 0.6) is 0 Å². The van der Waals surface area contributed by atoms with E-state index in [0.717, 1.165) is 34.4 Å². The number of benzene rings is 1. The van der Waals surface area contributed by atoms with Crippen LogP contribution >= 0.6 is 11.6 Å². The number of aromatic amines is 1. The Morgan fingerprint density at radius 2 is 2.04 bits per heavy atom. The van der Waals surface area contributed by atoms with Gasteiger partial charge in [0.1, 0.15) is 5.65 Å². The fraction of sp³-hybridized carbons (Fsp3) is 0.263. The number of carbonyl (C=O) groups excluding carboxylic acids is 1. The summed E-state index contributed by atoms with van der Waals surface area (Å²) in [4.78, 5) is 24.5. The lowest BCUT2D eigenvalue weighted by molar-refractivity contribution is 0.0735. The summed E-state index contributed by atoms with van der Waals surface area (Å²) < 4.78 is 0. The van der Waals surface area contributed by atoms with E-state index in [4.69, 9.17) is 11.6 Å². The Bertz CT molecular complexity index is 946. The maximum atomic E-state index is 12.9. The van der Waals surface area contributed by atoms with Crippen molar-refractivity contribution in [2.24, 2.45) is 0 Å². The molecule has 2 aromatic heterocycles. The first kappa shape index (κ1) is 16.0. The summed E-state index contributed by atoms with van der Waals surface area (Å²) in [5.74, 6) is 0.0558. The molecule has 25 heavy (non-hydrogen) atoms. The molecule has 0 aliphatic carbocycles. The molecule has 3 heterocycles. The van der Waals surface area contributed by atoms with E-state index in [0.29, 0.717) is 23.7 Å². The van der Waals surface area contributed by atoms with Gasteiger partial charge in [0.15, 0.2) is 0 Å². The Morgan fingerprint density at radius 1 is 1.28 bits per heavy atom. The zero-order valence-electron chi connectivity index (χ0n) is 14.2.